The lowest BCUT2D eigenvalue weighted by atomic mass is 10.0. The van der Waals surface area contributed by atoms with E-state index in [-0.39, 0.29) is 5.82 Å². The van der Waals surface area contributed by atoms with Crippen LogP contribution < -0.4 is 0 Å². The van der Waals surface area contributed by atoms with Crippen LogP contribution >= 0.6 is 0 Å². The molecule has 0 spiro atoms. The quantitative estimate of drug-likeness (QED) is 0.881. The summed E-state index contributed by atoms with van der Waals surface area (Å²) in [4.78, 5) is 4.14. The maximum atomic E-state index is 12.7. The van der Waals surface area contributed by atoms with Crippen molar-refractivity contribution in [2.75, 3.05) is 0 Å². The fraction of sp³-hybridized carbons (Fsp3) is 0.214. The second kappa shape index (κ2) is 5.06. The Bertz CT molecular complexity index is 479. The topological polar surface area (TPSA) is 33.1 Å². The Morgan fingerprint density at radius 3 is 2.47 bits per heavy atom. The van der Waals surface area contributed by atoms with Crippen molar-refractivity contribution in [1.82, 2.24) is 4.98 Å². The number of pyridine rings is 1. The highest BCUT2D eigenvalue weighted by molar-refractivity contribution is 5.21. The molecule has 1 unspecified atom stereocenters. The minimum absolute atomic E-state index is 0.264. The van der Waals surface area contributed by atoms with Gasteiger partial charge in [-0.3, -0.25) is 4.98 Å². The van der Waals surface area contributed by atoms with E-state index in [2.05, 4.69) is 4.98 Å². The van der Waals surface area contributed by atoms with E-state index in [9.17, 15) is 9.50 Å². The molecule has 1 aromatic heterocycles. The molecule has 1 N–H and O–H groups in total. The second-order valence-electron chi connectivity index (χ2n) is 4.08. The van der Waals surface area contributed by atoms with Crippen molar-refractivity contribution in [1.29, 1.82) is 0 Å². The summed E-state index contributed by atoms with van der Waals surface area (Å²) in [7, 11) is 0. The Labute approximate surface area is 99.8 Å². The predicted octanol–water partition coefficient (Wildman–Crippen LogP) is 2.81. The number of rotatable bonds is 3. The number of hydrogen-bond acceptors (Lipinski definition) is 2. The molecule has 1 atom stereocenters. The van der Waals surface area contributed by atoms with Gasteiger partial charge in [-0.15, -0.1) is 0 Å². The molecule has 1 aromatic carbocycles. The van der Waals surface area contributed by atoms with Gasteiger partial charge in [0.2, 0.25) is 0 Å². The summed E-state index contributed by atoms with van der Waals surface area (Å²) in [6.45, 7) is 1.90. The average Bonchev–Trinajstić information content (AvgIpc) is 2.33. The number of aliphatic hydroxyl groups excluding tert-OH is 1. The molecule has 0 aliphatic rings. The van der Waals surface area contributed by atoms with Crippen LogP contribution in [-0.4, -0.2) is 10.1 Å². The third kappa shape index (κ3) is 3.11. The first-order valence-corrected chi connectivity index (χ1v) is 5.50. The lowest BCUT2D eigenvalue weighted by Gasteiger charge is -2.10. The first-order chi connectivity index (χ1) is 8.15. The largest absolute Gasteiger partial charge is 0.388 e. The van der Waals surface area contributed by atoms with E-state index in [1.807, 2.05) is 19.1 Å². The predicted molar refractivity (Wildman–Crippen MR) is 64.0 cm³/mol. The number of aromatic nitrogens is 1. The Hall–Kier alpha value is -1.74. The van der Waals surface area contributed by atoms with Gasteiger partial charge in [-0.1, -0.05) is 18.2 Å². The average molecular weight is 231 g/mol. The van der Waals surface area contributed by atoms with Gasteiger partial charge in [-0.2, -0.15) is 0 Å². The van der Waals surface area contributed by atoms with Crippen molar-refractivity contribution in [2.24, 2.45) is 0 Å². The van der Waals surface area contributed by atoms with Crippen molar-refractivity contribution in [3.63, 3.8) is 0 Å². The van der Waals surface area contributed by atoms with Crippen LogP contribution in [0.5, 0.6) is 0 Å². The smallest absolute Gasteiger partial charge is 0.123 e. The first kappa shape index (κ1) is 11.7. The lowest BCUT2D eigenvalue weighted by Crippen LogP contribution is -2.02. The standard InChI is InChI=1S/C14H14FNO/c1-10-2-5-12(9-16-10)14(17)8-11-3-6-13(15)7-4-11/h2-7,9,14,17H,8H2,1H3. The number of benzene rings is 1. The molecule has 17 heavy (non-hydrogen) atoms. The molecule has 0 aliphatic heterocycles. The normalized spacial score (nSPS) is 12.4. The molecule has 0 saturated carbocycles. The summed E-state index contributed by atoms with van der Waals surface area (Å²) in [5.74, 6) is -0.264. The summed E-state index contributed by atoms with van der Waals surface area (Å²) < 4.78 is 12.7. The third-order valence-electron chi connectivity index (χ3n) is 2.66. The van der Waals surface area contributed by atoms with Gasteiger partial charge in [0.15, 0.2) is 0 Å². The van der Waals surface area contributed by atoms with Crippen LogP contribution in [0.2, 0.25) is 0 Å². The zero-order chi connectivity index (χ0) is 12.3. The van der Waals surface area contributed by atoms with Crippen LogP contribution in [0, 0.1) is 12.7 Å². The number of aryl methyl sites for hydroxylation is 1. The number of nitrogens with zero attached hydrogens (tertiary/aromatic N) is 1. The zero-order valence-corrected chi connectivity index (χ0v) is 9.60. The Morgan fingerprint density at radius 2 is 1.88 bits per heavy atom. The number of halogens is 1. The third-order valence-corrected chi connectivity index (χ3v) is 2.66. The molecule has 0 fully saturated rings. The van der Waals surface area contributed by atoms with E-state index < -0.39 is 6.10 Å². The van der Waals surface area contributed by atoms with Crippen LogP contribution in [-0.2, 0) is 6.42 Å². The Balaban J connectivity index is 2.08. The molecule has 2 rings (SSSR count). The Morgan fingerprint density at radius 1 is 1.18 bits per heavy atom. The minimum Gasteiger partial charge on any atom is -0.388 e. The van der Waals surface area contributed by atoms with Crippen molar-refractivity contribution in [2.45, 2.75) is 19.4 Å². The van der Waals surface area contributed by atoms with Crippen LogP contribution in [0.15, 0.2) is 42.6 Å². The highest BCUT2D eigenvalue weighted by atomic mass is 19.1. The number of aliphatic hydroxyl groups is 1. The molecule has 0 radical (unpaired) electrons. The SMILES string of the molecule is Cc1ccc(C(O)Cc2ccc(F)cc2)cn1. The molecule has 0 bridgehead atoms. The van der Waals surface area contributed by atoms with E-state index in [1.165, 1.54) is 12.1 Å². The van der Waals surface area contributed by atoms with Gasteiger partial charge in [-0.05, 0) is 36.2 Å². The highest BCUT2D eigenvalue weighted by Gasteiger charge is 2.08. The summed E-state index contributed by atoms with van der Waals surface area (Å²) in [5.41, 5.74) is 2.60. The van der Waals surface area contributed by atoms with Crippen molar-refractivity contribution in [3.8, 4) is 0 Å². The van der Waals surface area contributed by atoms with Crippen LogP contribution in [0.25, 0.3) is 0 Å². The first-order valence-electron chi connectivity index (χ1n) is 5.50. The summed E-state index contributed by atoms with van der Waals surface area (Å²) >= 11 is 0. The van der Waals surface area contributed by atoms with E-state index in [4.69, 9.17) is 0 Å². The summed E-state index contributed by atoms with van der Waals surface area (Å²) in [5, 5.41) is 10.0. The molecular weight excluding hydrogens is 217 g/mol. The fourth-order valence-corrected chi connectivity index (χ4v) is 1.64. The monoisotopic (exact) mass is 231 g/mol. The molecule has 1 heterocycles. The van der Waals surface area contributed by atoms with E-state index in [0.29, 0.717) is 6.42 Å². The molecule has 0 saturated heterocycles. The molecule has 88 valence electrons. The van der Waals surface area contributed by atoms with Gasteiger partial charge in [0.1, 0.15) is 5.82 Å². The molecule has 0 amide bonds. The summed E-state index contributed by atoms with van der Waals surface area (Å²) in [6.07, 6.45) is 1.53. The van der Waals surface area contributed by atoms with Crippen molar-refractivity contribution >= 4 is 0 Å². The second-order valence-corrected chi connectivity index (χ2v) is 4.08. The van der Waals surface area contributed by atoms with Crippen LogP contribution in [0.4, 0.5) is 4.39 Å². The van der Waals surface area contributed by atoms with Gasteiger partial charge in [-0.25, -0.2) is 4.39 Å². The fourth-order valence-electron chi connectivity index (χ4n) is 1.64. The van der Waals surface area contributed by atoms with Gasteiger partial charge in [0.05, 0.1) is 6.10 Å². The molecule has 2 aromatic rings. The van der Waals surface area contributed by atoms with Gasteiger partial charge in [0.25, 0.3) is 0 Å². The maximum Gasteiger partial charge on any atom is 0.123 e. The van der Waals surface area contributed by atoms with Crippen molar-refractivity contribution in [3.05, 3.63) is 65.2 Å². The molecule has 0 aliphatic carbocycles. The molecule has 3 heteroatoms. The van der Waals surface area contributed by atoms with Crippen LogP contribution in [0.1, 0.15) is 22.9 Å². The molecular formula is C14H14FNO. The highest BCUT2D eigenvalue weighted by Crippen LogP contribution is 2.17. The lowest BCUT2D eigenvalue weighted by molar-refractivity contribution is 0.178. The van der Waals surface area contributed by atoms with Crippen LogP contribution in [0.3, 0.4) is 0 Å². The number of hydrogen-bond donors (Lipinski definition) is 1. The summed E-state index contributed by atoms with van der Waals surface area (Å²) in [6, 6.07) is 9.88. The van der Waals surface area contributed by atoms with Gasteiger partial charge >= 0.3 is 0 Å². The zero-order valence-electron chi connectivity index (χ0n) is 9.60. The van der Waals surface area contributed by atoms with E-state index >= 15 is 0 Å². The van der Waals surface area contributed by atoms with E-state index in [0.717, 1.165) is 16.8 Å². The van der Waals surface area contributed by atoms with E-state index in [1.54, 1.807) is 18.3 Å². The minimum atomic E-state index is -0.603. The van der Waals surface area contributed by atoms with Gasteiger partial charge < -0.3 is 5.11 Å². The maximum absolute atomic E-state index is 12.7. The Kier molecular flexibility index (Phi) is 3.49. The van der Waals surface area contributed by atoms with Gasteiger partial charge in [0, 0.05) is 18.3 Å². The molecule has 2 nitrogen and oxygen atoms in total. The van der Waals surface area contributed by atoms with Crippen molar-refractivity contribution < 1.29 is 9.50 Å².